The maximum Gasteiger partial charge on any atom is 0.0484 e. The van der Waals surface area contributed by atoms with Crippen molar-refractivity contribution in [2.75, 3.05) is 43.9 Å². The SMILES string of the molecule is C=C\C=C/C=C/C=C(\CCCN1CCCC(c2cccc(NC)c2)CC1)c1ccccc1N(C)c1ccccc1. The Labute approximate surface area is 242 Å². The lowest BCUT2D eigenvalue weighted by Gasteiger charge is -2.24. The van der Waals surface area contributed by atoms with Crippen molar-refractivity contribution < 1.29 is 0 Å². The predicted octanol–water partition coefficient (Wildman–Crippen LogP) is 9.23. The van der Waals surface area contributed by atoms with Crippen LogP contribution in [0, 0.1) is 0 Å². The van der Waals surface area contributed by atoms with E-state index in [9.17, 15) is 0 Å². The molecule has 0 amide bonds. The molecular formula is C37H45N3. The summed E-state index contributed by atoms with van der Waals surface area (Å²) in [5.74, 6) is 0.655. The summed E-state index contributed by atoms with van der Waals surface area (Å²) in [6.07, 6.45) is 18.3. The molecule has 4 rings (SSSR count). The Balaban J connectivity index is 1.44. The van der Waals surface area contributed by atoms with E-state index in [1.165, 1.54) is 66.1 Å². The van der Waals surface area contributed by atoms with Gasteiger partial charge in [-0.15, -0.1) is 0 Å². The van der Waals surface area contributed by atoms with E-state index in [0.717, 1.165) is 19.4 Å². The van der Waals surface area contributed by atoms with Gasteiger partial charge in [0.2, 0.25) is 0 Å². The van der Waals surface area contributed by atoms with Crippen molar-refractivity contribution in [2.45, 2.75) is 38.0 Å². The van der Waals surface area contributed by atoms with Crippen LogP contribution in [0.1, 0.15) is 49.1 Å². The van der Waals surface area contributed by atoms with E-state index < -0.39 is 0 Å². The zero-order valence-corrected chi connectivity index (χ0v) is 24.3. The van der Waals surface area contributed by atoms with Crippen molar-refractivity contribution >= 4 is 22.6 Å². The van der Waals surface area contributed by atoms with Gasteiger partial charge in [-0.3, -0.25) is 0 Å². The van der Waals surface area contributed by atoms with E-state index in [1.54, 1.807) is 0 Å². The third kappa shape index (κ3) is 8.34. The molecule has 1 unspecified atom stereocenters. The predicted molar refractivity (Wildman–Crippen MR) is 176 cm³/mol. The van der Waals surface area contributed by atoms with Gasteiger partial charge in [0.1, 0.15) is 0 Å². The summed E-state index contributed by atoms with van der Waals surface area (Å²) < 4.78 is 0. The Morgan fingerprint density at radius 3 is 2.55 bits per heavy atom. The van der Waals surface area contributed by atoms with Crippen molar-refractivity contribution in [1.82, 2.24) is 4.90 Å². The van der Waals surface area contributed by atoms with Crippen LogP contribution in [0.5, 0.6) is 0 Å². The molecule has 1 atom stereocenters. The van der Waals surface area contributed by atoms with Crippen molar-refractivity contribution in [2.24, 2.45) is 0 Å². The monoisotopic (exact) mass is 531 g/mol. The summed E-state index contributed by atoms with van der Waals surface area (Å²) in [4.78, 5) is 4.98. The average Bonchev–Trinajstić information content (AvgIpc) is 3.26. The molecule has 3 nitrogen and oxygen atoms in total. The molecule has 1 heterocycles. The Morgan fingerprint density at radius 1 is 0.925 bits per heavy atom. The molecule has 0 bridgehead atoms. The summed E-state index contributed by atoms with van der Waals surface area (Å²) in [7, 11) is 4.16. The number of anilines is 3. The molecule has 3 aromatic rings. The Bertz CT molecular complexity index is 1290. The molecule has 0 radical (unpaired) electrons. The van der Waals surface area contributed by atoms with Gasteiger partial charge in [-0.05, 0) is 99.1 Å². The van der Waals surface area contributed by atoms with E-state index in [1.807, 2.05) is 25.3 Å². The highest BCUT2D eigenvalue weighted by Crippen LogP contribution is 2.34. The summed E-state index contributed by atoms with van der Waals surface area (Å²) in [6.45, 7) is 7.28. The van der Waals surface area contributed by atoms with Gasteiger partial charge in [0.05, 0.1) is 0 Å². The number of hydrogen-bond acceptors (Lipinski definition) is 3. The van der Waals surface area contributed by atoms with Crippen molar-refractivity contribution in [3.63, 3.8) is 0 Å². The number of para-hydroxylation sites is 2. The van der Waals surface area contributed by atoms with Gasteiger partial charge in [0.15, 0.2) is 0 Å². The molecule has 0 saturated carbocycles. The first-order valence-corrected chi connectivity index (χ1v) is 14.7. The number of likely N-dealkylation sites (tertiary alicyclic amines) is 1. The second-order valence-corrected chi connectivity index (χ2v) is 10.6. The molecule has 208 valence electrons. The van der Waals surface area contributed by atoms with Crippen LogP contribution < -0.4 is 10.2 Å². The van der Waals surface area contributed by atoms with Crippen LogP contribution >= 0.6 is 0 Å². The molecule has 1 aliphatic heterocycles. The van der Waals surface area contributed by atoms with E-state index in [2.05, 4.69) is 126 Å². The molecule has 1 fully saturated rings. The van der Waals surface area contributed by atoms with Gasteiger partial charge in [-0.1, -0.05) is 91.6 Å². The first-order chi connectivity index (χ1) is 19.7. The number of rotatable bonds is 12. The summed E-state index contributed by atoms with van der Waals surface area (Å²) in [6, 6.07) is 28.4. The van der Waals surface area contributed by atoms with Gasteiger partial charge in [-0.25, -0.2) is 0 Å². The zero-order valence-electron chi connectivity index (χ0n) is 24.3. The maximum absolute atomic E-state index is 3.77. The molecule has 3 aromatic carbocycles. The number of allylic oxidation sites excluding steroid dienone is 7. The number of benzene rings is 3. The van der Waals surface area contributed by atoms with Crippen molar-refractivity contribution in [3.8, 4) is 0 Å². The van der Waals surface area contributed by atoms with Crippen LogP contribution in [0.25, 0.3) is 5.57 Å². The largest absolute Gasteiger partial charge is 0.388 e. The van der Waals surface area contributed by atoms with Gasteiger partial charge >= 0.3 is 0 Å². The van der Waals surface area contributed by atoms with Crippen LogP contribution in [0.3, 0.4) is 0 Å². The summed E-state index contributed by atoms with van der Waals surface area (Å²) in [5, 5.41) is 3.30. The van der Waals surface area contributed by atoms with Crippen molar-refractivity contribution in [3.05, 3.63) is 133 Å². The van der Waals surface area contributed by atoms with E-state index in [0.29, 0.717) is 5.92 Å². The van der Waals surface area contributed by atoms with Crippen LogP contribution in [0.4, 0.5) is 17.1 Å². The molecular weight excluding hydrogens is 486 g/mol. The highest BCUT2D eigenvalue weighted by molar-refractivity contribution is 5.80. The molecule has 40 heavy (non-hydrogen) atoms. The maximum atomic E-state index is 3.77. The van der Waals surface area contributed by atoms with Gasteiger partial charge < -0.3 is 15.1 Å². The minimum absolute atomic E-state index is 0.655. The molecule has 1 aliphatic rings. The van der Waals surface area contributed by atoms with E-state index >= 15 is 0 Å². The molecule has 3 heteroatoms. The molecule has 1 saturated heterocycles. The minimum atomic E-state index is 0.655. The van der Waals surface area contributed by atoms with Gasteiger partial charge in [-0.2, -0.15) is 0 Å². The lowest BCUT2D eigenvalue weighted by Crippen LogP contribution is -2.26. The first kappa shape index (κ1) is 29.2. The Hall–Kier alpha value is -3.82. The average molecular weight is 532 g/mol. The minimum Gasteiger partial charge on any atom is -0.388 e. The van der Waals surface area contributed by atoms with E-state index in [4.69, 9.17) is 0 Å². The van der Waals surface area contributed by atoms with Gasteiger partial charge in [0.25, 0.3) is 0 Å². The van der Waals surface area contributed by atoms with Crippen LogP contribution in [-0.4, -0.2) is 38.6 Å². The van der Waals surface area contributed by atoms with E-state index in [-0.39, 0.29) is 0 Å². The lowest BCUT2D eigenvalue weighted by molar-refractivity contribution is 0.281. The third-order valence-electron chi connectivity index (χ3n) is 7.91. The van der Waals surface area contributed by atoms with Crippen LogP contribution in [0.15, 0.2) is 122 Å². The first-order valence-electron chi connectivity index (χ1n) is 14.7. The highest BCUT2D eigenvalue weighted by Gasteiger charge is 2.19. The van der Waals surface area contributed by atoms with Gasteiger partial charge in [0, 0.05) is 36.7 Å². The second kappa shape index (κ2) is 15.7. The topological polar surface area (TPSA) is 18.5 Å². The molecule has 0 aliphatic carbocycles. The Morgan fingerprint density at radius 2 is 1.73 bits per heavy atom. The standard InChI is InChI=1S/C37H45N3/c1-4-5-6-7-9-17-32(36-24-12-13-25-37(36)39(3)35-22-10-8-11-23-35)20-16-28-40-27-15-19-31(26-29-40)33-18-14-21-34(30-33)38-2/h4-14,17-18,21-25,30-31,38H,1,15-16,19-20,26-29H2,2-3H3/b6-5-,9-7+,32-17+. The van der Waals surface area contributed by atoms with Crippen LogP contribution in [-0.2, 0) is 0 Å². The number of hydrogen-bond donors (Lipinski definition) is 1. The normalized spacial score (nSPS) is 16.8. The summed E-state index contributed by atoms with van der Waals surface area (Å²) >= 11 is 0. The quantitative estimate of drug-likeness (QED) is 0.235. The molecule has 0 spiro atoms. The number of nitrogens with zero attached hydrogens (tertiary/aromatic N) is 2. The zero-order chi connectivity index (χ0) is 28.0. The Kier molecular flexibility index (Phi) is 11.4. The molecule has 0 aromatic heterocycles. The fourth-order valence-corrected chi connectivity index (χ4v) is 5.67. The fourth-order valence-electron chi connectivity index (χ4n) is 5.67. The molecule has 1 N–H and O–H groups in total. The highest BCUT2D eigenvalue weighted by atomic mass is 15.1. The third-order valence-corrected chi connectivity index (χ3v) is 7.91. The lowest BCUT2D eigenvalue weighted by atomic mass is 9.92. The summed E-state index contributed by atoms with van der Waals surface area (Å²) in [5.41, 5.74) is 7.79. The second-order valence-electron chi connectivity index (χ2n) is 10.6. The van der Waals surface area contributed by atoms with Crippen molar-refractivity contribution in [1.29, 1.82) is 0 Å². The van der Waals surface area contributed by atoms with Crippen LogP contribution in [0.2, 0.25) is 0 Å². The number of nitrogens with one attached hydrogen (secondary N) is 1. The smallest absolute Gasteiger partial charge is 0.0484 e. The fraction of sp³-hybridized carbons (Fsp3) is 0.297.